The minimum absolute atomic E-state index is 0.0120. The first-order valence-corrected chi connectivity index (χ1v) is 8.69. The minimum Gasteiger partial charge on any atom is -0.377 e. The summed E-state index contributed by atoms with van der Waals surface area (Å²) in [5.74, 6) is -0.663. The Labute approximate surface area is 147 Å². The highest BCUT2D eigenvalue weighted by Crippen LogP contribution is 2.10. The molecule has 7 heteroatoms. The van der Waals surface area contributed by atoms with Crippen LogP contribution in [0.3, 0.4) is 0 Å². The molecule has 0 saturated carbocycles. The highest BCUT2D eigenvalue weighted by Gasteiger charge is 2.18. The molecule has 2 amide bonds. The number of likely N-dealkylation sites (N-methyl/N-ethyl adjacent to an activating group) is 1. The van der Waals surface area contributed by atoms with Crippen molar-refractivity contribution in [3.8, 4) is 0 Å². The second-order valence-corrected chi connectivity index (χ2v) is 6.08. The molecule has 0 aliphatic carbocycles. The molecule has 1 atom stereocenters. The maximum absolute atomic E-state index is 12.8. The normalized spacial score (nSPS) is 16.6. The molecule has 1 aliphatic rings. The van der Waals surface area contributed by atoms with E-state index in [-0.39, 0.29) is 36.8 Å². The number of hydrogen-bond donors (Lipinski definition) is 2. The molecular formula is C18H26FN3O3. The van der Waals surface area contributed by atoms with Crippen LogP contribution in [0.1, 0.15) is 25.3 Å². The average molecular weight is 351 g/mol. The topological polar surface area (TPSA) is 70.7 Å². The van der Waals surface area contributed by atoms with E-state index in [1.54, 1.807) is 12.1 Å². The number of ether oxygens (including phenoxy) is 1. The summed E-state index contributed by atoms with van der Waals surface area (Å²) in [6.07, 6.45) is 2.27. The highest BCUT2D eigenvalue weighted by molar-refractivity contribution is 5.85. The van der Waals surface area contributed by atoms with Crippen molar-refractivity contribution in [1.29, 1.82) is 0 Å². The molecular weight excluding hydrogens is 325 g/mol. The van der Waals surface area contributed by atoms with Gasteiger partial charge in [-0.3, -0.25) is 9.59 Å². The van der Waals surface area contributed by atoms with E-state index >= 15 is 0 Å². The first kappa shape index (κ1) is 19.3. The number of carbonyl (C=O) groups is 2. The van der Waals surface area contributed by atoms with Gasteiger partial charge in [0.05, 0.1) is 19.2 Å². The Morgan fingerprint density at radius 1 is 1.32 bits per heavy atom. The zero-order valence-electron chi connectivity index (χ0n) is 14.6. The molecule has 1 aromatic rings. The van der Waals surface area contributed by atoms with Crippen LogP contribution in [0.5, 0.6) is 0 Å². The number of hydrogen-bond acceptors (Lipinski definition) is 4. The standard InChI is InChI=1S/C18H26FN3O3/c1-2-22(18(24)12-20-11-16-4-3-9-25-16)13-17(23)21-10-14-5-7-15(19)8-6-14/h5-8,16,20H,2-4,9-13H2,1H3,(H,21,23). The van der Waals surface area contributed by atoms with Crippen LogP contribution >= 0.6 is 0 Å². The van der Waals surface area contributed by atoms with E-state index in [2.05, 4.69) is 10.6 Å². The molecule has 6 nitrogen and oxygen atoms in total. The molecule has 0 bridgehead atoms. The molecule has 2 rings (SSSR count). The van der Waals surface area contributed by atoms with Gasteiger partial charge in [0.15, 0.2) is 0 Å². The van der Waals surface area contributed by atoms with E-state index in [0.29, 0.717) is 19.6 Å². The molecule has 1 unspecified atom stereocenters. The Balaban J connectivity index is 1.68. The number of nitrogens with one attached hydrogen (secondary N) is 2. The highest BCUT2D eigenvalue weighted by atomic mass is 19.1. The van der Waals surface area contributed by atoms with Gasteiger partial charge in [-0.05, 0) is 37.5 Å². The van der Waals surface area contributed by atoms with Gasteiger partial charge < -0.3 is 20.3 Å². The van der Waals surface area contributed by atoms with E-state index in [1.165, 1.54) is 17.0 Å². The van der Waals surface area contributed by atoms with Crippen LogP contribution in [0.2, 0.25) is 0 Å². The number of carbonyl (C=O) groups excluding carboxylic acids is 2. The van der Waals surface area contributed by atoms with E-state index < -0.39 is 0 Å². The average Bonchev–Trinajstić information content (AvgIpc) is 3.12. The van der Waals surface area contributed by atoms with Crippen molar-refractivity contribution < 1.29 is 18.7 Å². The third kappa shape index (κ3) is 6.80. The number of halogens is 1. The van der Waals surface area contributed by atoms with Crippen molar-refractivity contribution in [2.24, 2.45) is 0 Å². The summed E-state index contributed by atoms with van der Waals surface area (Å²) < 4.78 is 18.3. The molecule has 1 aliphatic heterocycles. The van der Waals surface area contributed by atoms with Crippen LogP contribution in [0, 0.1) is 5.82 Å². The quantitative estimate of drug-likeness (QED) is 0.698. The third-order valence-corrected chi connectivity index (χ3v) is 4.14. The molecule has 1 aromatic carbocycles. The second-order valence-electron chi connectivity index (χ2n) is 6.08. The van der Waals surface area contributed by atoms with E-state index in [1.807, 2.05) is 6.92 Å². The Kier molecular flexibility index (Phi) is 7.81. The second kappa shape index (κ2) is 10.1. The molecule has 1 heterocycles. The molecule has 0 spiro atoms. The van der Waals surface area contributed by atoms with Crippen LogP contribution in [0.4, 0.5) is 4.39 Å². The predicted octanol–water partition coefficient (Wildman–Crippen LogP) is 1.06. The van der Waals surface area contributed by atoms with Gasteiger partial charge in [-0.1, -0.05) is 12.1 Å². The molecule has 0 radical (unpaired) electrons. The zero-order valence-corrected chi connectivity index (χ0v) is 14.6. The molecule has 1 fully saturated rings. The third-order valence-electron chi connectivity index (χ3n) is 4.14. The maximum Gasteiger partial charge on any atom is 0.239 e. The number of nitrogens with zero attached hydrogens (tertiary/aromatic N) is 1. The molecule has 138 valence electrons. The molecule has 0 aromatic heterocycles. The largest absolute Gasteiger partial charge is 0.377 e. The summed E-state index contributed by atoms with van der Waals surface area (Å²) in [6, 6.07) is 5.94. The predicted molar refractivity (Wildman–Crippen MR) is 92.3 cm³/mol. The first-order valence-electron chi connectivity index (χ1n) is 8.69. The van der Waals surface area contributed by atoms with E-state index in [0.717, 1.165) is 25.0 Å². The summed E-state index contributed by atoms with van der Waals surface area (Å²) in [5, 5.41) is 5.84. The van der Waals surface area contributed by atoms with Crippen LogP contribution in [-0.4, -0.2) is 55.6 Å². The Morgan fingerprint density at radius 2 is 2.08 bits per heavy atom. The minimum atomic E-state index is -0.312. The lowest BCUT2D eigenvalue weighted by molar-refractivity contribution is -0.135. The van der Waals surface area contributed by atoms with Gasteiger partial charge in [-0.2, -0.15) is 0 Å². The number of rotatable bonds is 9. The van der Waals surface area contributed by atoms with Crippen molar-refractivity contribution in [2.45, 2.75) is 32.4 Å². The fourth-order valence-corrected chi connectivity index (χ4v) is 2.67. The van der Waals surface area contributed by atoms with Gasteiger partial charge in [0.2, 0.25) is 11.8 Å². The molecule has 2 N–H and O–H groups in total. The van der Waals surface area contributed by atoms with Crippen molar-refractivity contribution in [1.82, 2.24) is 15.5 Å². The van der Waals surface area contributed by atoms with Gasteiger partial charge in [-0.15, -0.1) is 0 Å². The van der Waals surface area contributed by atoms with Crippen molar-refractivity contribution in [2.75, 3.05) is 32.8 Å². The fourth-order valence-electron chi connectivity index (χ4n) is 2.67. The van der Waals surface area contributed by atoms with E-state index in [4.69, 9.17) is 4.74 Å². The molecule has 25 heavy (non-hydrogen) atoms. The lowest BCUT2D eigenvalue weighted by Gasteiger charge is -2.21. The SMILES string of the molecule is CCN(CC(=O)NCc1ccc(F)cc1)C(=O)CNCC1CCCO1. The van der Waals surface area contributed by atoms with Gasteiger partial charge in [0, 0.05) is 26.2 Å². The van der Waals surface area contributed by atoms with Gasteiger partial charge in [-0.25, -0.2) is 4.39 Å². The molecule has 1 saturated heterocycles. The lowest BCUT2D eigenvalue weighted by atomic mass is 10.2. The number of benzene rings is 1. The fraction of sp³-hybridized carbons (Fsp3) is 0.556. The van der Waals surface area contributed by atoms with Crippen LogP contribution in [0.25, 0.3) is 0 Å². The summed E-state index contributed by atoms with van der Waals surface area (Å²) in [4.78, 5) is 25.7. The monoisotopic (exact) mass is 351 g/mol. The first-order chi connectivity index (χ1) is 12.1. The van der Waals surface area contributed by atoms with Crippen LogP contribution < -0.4 is 10.6 Å². The van der Waals surface area contributed by atoms with Crippen LogP contribution in [0.15, 0.2) is 24.3 Å². The summed E-state index contributed by atoms with van der Waals surface area (Å²) in [6.45, 7) is 4.25. The van der Waals surface area contributed by atoms with Gasteiger partial charge >= 0.3 is 0 Å². The van der Waals surface area contributed by atoms with Crippen molar-refractivity contribution in [3.05, 3.63) is 35.6 Å². The van der Waals surface area contributed by atoms with Crippen molar-refractivity contribution in [3.63, 3.8) is 0 Å². The smallest absolute Gasteiger partial charge is 0.239 e. The Morgan fingerprint density at radius 3 is 2.72 bits per heavy atom. The van der Waals surface area contributed by atoms with E-state index in [9.17, 15) is 14.0 Å². The maximum atomic E-state index is 12.8. The van der Waals surface area contributed by atoms with Gasteiger partial charge in [0.25, 0.3) is 0 Å². The number of amides is 2. The lowest BCUT2D eigenvalue weighted by Crippen LogP contribution is -2.44. The summed E-state index contributed by atoms with van der Waals surface area (Å²) in [5.41, 5.74) is 0.808. The Hall–Kier alpha value is -1.99. The Bertz CT molecular complexity index is 559. The van der Waals surface area contributed by atoms with Crippen LogP contribution in [-0.2, 0) is 20.9 Å². The van der Waals surface area contributed by atoms with Gasteiger partial charge in [0.1, 0.15) is 5.82 Å². The van der Waals surface area contributed by atoms with Crippen molar-refractivity contribution >= 4 is 11.8 Å². The summed E-state index contributed by atoms with van der Waals surface area (Å²) >= 11 is 0. The summed E-state index contributed by atoms with van der Waals surface area (Å²) in [7, 11) is 0. The zero-order chi connectivity index (χ0) is 18.1.